The van der Waals surface area contributed by atoms with Crippen LogP contribution in [0.25, 0.3) is 22.7 Å². The number of rotatable bonds is 7. The molecule has 2 aromatic heterocycles. The molecule has 130 valence electrons. The Balaban J connectivity index is 1.70. The second-order valence-electron chi connectivity index (χ2n) is 6.16. The zero-order valence-electron chi connectivity index (χ0n) is 13.8. The molecular formula is C19H21N3O3. The predicted molar refractivity (Wildman–Crippen MR) is 94.6 cm³/mol. The zero-order chi connectivity index (χ0) is 17.7. The van der Waals surface area contributed by atoms with Gasteiger partial charge >= 0.3 is 0 Å². The van der Waals surface area contributed by atoms with Crippen molar-refractivity contribution in [3.8, 4) is 22.7 Å². The summed E-state index contributed by atoms with van der Waals surface area (Å²) in [6.45, 7) is -0.477. The lowest BCUT2D eigenvalue weighted by atomic mass is 9.93. The van der Waals surface area contributed by atoms with Crippen molar-refractivity contribution < 1.29 is 14.6 Å². The van der Waals surface area contributed by atoms with E-state index in [0.29, 0.717) is 18.7 Å². The fourth-order valence-electron chi connectivity index (χ4n) is 2.47. The molecule has 0 radical (unpaired) electrons. The van der Waals surface area contributed by atoms with Crippen molar-refractivity contribution >= 4 is 0 Å². The van der Waals surface area contributed by atoms with Gasteiger partial charge in [0.1, 0.15) is 12.0 Å². The van der Waals surface area contributed by atoms with E-state index >= 15 is 0 Å². The van der Waals surface area contributed by atoms with E-state index in [-0.39, 0.29) is 13.2 Å². The summed E-state index contributed by atoms with van der Waals surface area (Å²) < 4.78 is 5.53. The average Bonchev–Trinajstić information content (AvgIpc) is 3.17. The summed E-state index contributed by atoms with van der Waals surface area (Å²) in [7, 11) is 0. The van der Waals surface area contributed by atoms with Gasteiger partial charge in [0.25, 0.3) is 0 Å². The monoisotopic (exact) mass is 339 g/mol. The number of hydrogen-bond acceptors (Lipinski definition) is 6. The third-order valence-corrected chi connectivity index (χ3v) is 4.20. The number of aliphatic hydroxyl groups excluding tert-OH is 2. The maximum Gasteiger partial charge on any atom is 0.228 e. The normalized spacial score (nSPS) is 11.6. The highest BCUT2D eigenvalue weighted by Crippen LogP contribution is 2.24. The largest absolute Gasteiger partial charge is 0.444 e. The van der Waals surface area contributed by atoms with Crippen LogP contribution < -0.4 is 5.73 Å². The second kappa shape index (κ2) is 7.57. The van der Waals surface area contributed by atoms with Crippen molar-refractivity contribution in [1.82, 2.24) is 9.97 Å². The Morgan fingerprint density at radius 2 is 1.80 bits per heavy atom. The lowest BCUT2D eigenvalue weighted by molar-refractivity contribution is 0.115. The molecule has 0 amide bonds. The summed E-state index contributed by atoms with van der Waals surface area (Å²) in [4.78, 5) is 8.56. The Morgan fingerprint density at radius 1 is 1.04 bits per heavy atom. The van der Waals surface area contributed by atoms with Gasteiger partial charge in [0.05, 0.1) is 24.3 Å². The third kappa shape index (κ3) is 4.11. The minimum atomic E-state index is -0.941. The van der Waals surface area contributed by atoms with Crippen LogP contribution in [-0.4, -0.2) is 38.9 Å². The quantitative estimate of drug-likeness (QED) is 0.608. The average molecular weight is 339 g/mol. The van der Waals surface area contributed by atoms with Crippen LogP contribution in [0.4, 0.5) is 0 Å². The molecule has 0 unspecified atom stereocenters. The number of aliphatic hydroxyl groups is 2. The van der Waals surface area contributed by atoms with E-state index in [1.807, 2.05) is 36.4 Å². The molecule has 2 heterocycles. The first kappa shape index (κ1) is 17.3. The molecule has 0 saturated carbocycles. The number of nitrogens with two attached hydrogens (primary N) is 1. The van der Waals surface area contributed by atoms with Crippen molar-refractivity contribution in [3.63, 3.8) is 0 Å². The standard InChI is InChI=1S/C19H21N3O3/c20-19(12-23,13-24)8-7-14-3-5-15(6-4-14)17-11-25-18(22-17)16-2-1-9-21-10-16/h1-6,9-11,23-24H,7-8,12-13,20H2. The van der Waals surface area contributed by atoms with E-state index in [9.17, 15) is 10.2 Å². The van der Waals surface area contributed by atoms with Gasteiger partial charge in [0, 0.05) is 18.0 Å². The van der Waals surface area contributed by atoms with Crippen molar-refractivity contribution in [2.24, 2.45) is 5.73 Å². The van der Waals surface area contributed by atoms with Gasteiger partial charge in [-0.25, -0.2) is 4.98 Å². The van der Waals surface area contributed by atoms with E-state index in [1.165, 1.54) is 0 Å². The highest BCUT2D eigenvalue weighted by Gasteiger charge is 2.22. The van der Waals surface area contributed by atoms with Crippen molar-refractivity contribution in [2.45, 2.75) is 18.4 Å². The molecule has 6 nitrogen and oxygen atoms in total. The summed E-state index contributed by atoms with van der Waals surface area (Å²) in [6, 6.07) is 11.6. The fraction of sp³-hybridized carbons (Fsp3) is 0.263. The first-order valence-corrected chi connectivity index (χ1v) is 8.09. The van der Waals surface area contributed by atoms with Crippen molar-refractivity contribution in [2.75, 3.05) is 13.2 Å². The van der Waals surface area contributed by atoms with Crippen LogP contribution in [0.1, 0.15) is 12.0 Å². The van der Waals surface area contributed by atoms with Gasteiger partial charge in [-0.3, -0.25) is 4.98 Å². The molecule has 0 aliphatic rings. The zero-order valence-corrected chi connectivity index (χ0v) is 13.8. The minimum absolute atomic E-state index is 0.238. The first-order chi connectivity index (χ1) is 12.1. The summed E-state index contributed by atoms with van der Waals surface area (Å²) in [5, 5.41) is 18.5. The predicted octanol–water partition coefficient (Wildman–Crippen LogP) is 2.02. The molecule has 0 aliphatic carbocycles. The van der Waals surface area contributed by atoms with E-state index in [1.54, 1.807) is 18.7 Å². The fourth-order valence-corrected chi connectivity index (χ4v) is 2.47. The highest BCUT2D eigenvalue weighted by atomic mass is 16.3. The van der Waals surface area contributed by atoms with Gasteiger partial charge in [-0.1, -0.05) is 24.3 Å². The minimum Gasteiger partial charge on any atom is -0.444 e. The SMILES string of the molecule is NC(CO)(CO)CCc1ccc(-c2coc(-c3cccnc3)n2)cc1. The first-order valence-electron chi connectivity index (χ1n) is 8.09. The summed E-state index contributed by atoms with van der Waals surface area (Å²) >= 11 is 0. The molecule has 25 heavy (non-hydrogen) atoms. The van der Waals surface area contributed by atoms with Gasteiger partial charge in [-0.2, -0.15) is 0 Å². The molecule has 6 heteroatoms. The number of hydrogen-bond donors (Lipinski definition) is 3. The lowest BCUT2D eigenvalue weighted by Gasteiger charge is -2.24. The van der Waals surface area contributed by atoms with Gasteiger partial charge in [0.15, 0.2) is 0 Å². The molecule has 0 fully saturated rings. The van der Waals surface area contributed by atoms with E-state index in [0.717, 1.165) is 22.4 Å². The van der Waals surface area contributed by atoms with Crippen LogP contribution in [0.2, 0.25) is 0 Å². The lowest BCUT2D eigenvalue weighted by Crippen LogP contribution is -2.47. The van der Waals surface area contributed by atoms with Gasteiger partial charge in [-0.05, 0) is 30.5 Å². The van der Waals surface area contributed by atoms with Crippen molar-refractivity contribution in [3.05, 3.63) is 60.6 Å². The molecule has 1 aromatic carbocycles. The van der Waals surface area contributed by atoms with Crippen molar-refractivity contribution in [1.29, 1.82) is 0 Å². The molecule has 4 N–H and O–H groups in total. The third-order valence-electron chi connectivity index (χ3n) is 4.20. The van der Waals surface area contributed by atoms with Gasteiger partial charge in [0.2, 0.25) is 5.89 Å². The van der Waals surface area contributed by atoms with E-state index < -0.39 is 5.54 Å². The smallest absolute Gasteiger partial charge is 0.228 e. The molecular weight excluding hydrogens is 318 g/mol. The van der Waals surface area contributed by atoms with E-state index in [4.69, 9.17) is 10.2 Å². The Kier molecular flexibility index (Phi) is 5.23. The summed E-state index contributed by atoms with van der Waals surface area (Å²) in [6.07, 6.45) is 6.22. The van der Waals surface area contributed by atoms with Crippen LogP contribution >= 0.6 is 0 Å². The number of benzene rings is 1. The highest BCUT2D eigenvalue weighted by molar-refractivity contribution is 5.62. The summed E-state index contributed by atoms with van der Waals surface area (Å²) in [5.74, 6) is 0.533. The second-order valence-corrected chi connectivity index (χ2v) is 6.16. The van der Waals surface area contributed by atoms with Crippen LogP contribution in [0.15, 0.2) is 59.5 Å². The number of oxazole rings is 1. The number of aromatic nitrogens is 2. The Morgan fingerprint density at radius 3 is 2.44 bits per heavy atom. The van der Waals surface area contributed by atoms with Crippen LogP contribution in [0.3, 0.4) is 0 Å². The molecule has 0 spiro atoms. The Labute approximate surface area is 146 Å². The van der Waals surface area contributed by atoms with Gasteiger partial charge < -0.3 is 20.4 Å². The van der Waals surface area contributed by atoms with Crippen LogP contribution in [0.5, 0.6) is 0 Å². The van der Waals surface area contributed by atoms with Crippen LogP contribution in [0, 0.1) is 0 Å². The maximum absolute atomic E-state index is 9.24. The van der Waals surface area contributed by atoms with E-state index in [2.05, 4.69) is 9.97 Å². The summed E-state index contributed by atoms with van der Waals surface area (Å²) in [5.41, 5.74) is 8.57. The molecule has 3 aromatic rings. The maximum atomic E-state index is 9.24. The molecule has 0 atom stereocenters. The topological polar surface area (TPSA) is 105 Å². The van der Waals surface area contributed by atoms with Gasteiger partial charge in [-0.15, -0.1) is 0 Å². The Bertz CT molecular complexity index is 796. The van der Waals surface area contributed by atoms with Crippen LogP contribution in [-0.2, 0) is 6.42 Å². The molecule has 0 saturated heterocycles. The number of aryl methyl sites for hydroxylation is 1. The Hall–Kier alpha value is -2.54. The number of pyridine rings is 1. The molecule has 0 aliphatic heterocycles. The number of nitrogens with zero attached hydrogens (tertiary/aromatic N) is 2. The molecule has 3 rings (SSSR count). The molecule has 0 bridgehead atoms.